The molecule has 0 aliphatic rings. The molecule has 0 aromatic rings. The van der Waals surface area contributed by atoms with Crippen molar-refractivity contribution in [2.24, 2.45) is 5.92 Å². The zero-order valence-electron chi connectivity index (χ0n) is 12.1. The van der Waals surface area contributed by atoms with Crippen LogP contribution in [0.1, 0.15) is 41.0 Å². The minimum atomic E-state index is -4.12. The maximum atomic E-state index is 12.5. The first kappa shape index (κ1) is 17.7. The Hall–Kier alpha value is -0.290. The summed E-state index contributed by atoms with van der Waals surface area (Å²) in [6, 6.07) is 0.291. The van der Waals surface area contributed by atoms with Gasteiger partial charge in [0.1, 0.15) is 0 Å². The standard InChI is InChI=1S/C13H27F3N2/c1-6-7-18(9-13(14,15)16)12(5)11(4)8-17-10(2)3/h10-12,17H,6-9H2,1-5H3. The topological polar surface area (TPSA) is 15.3 Å². The summed E-state index contributed by atoms with van der Waals surface area (Å²) in [7, 11) is 0. The van der Waals surface area contributed by atoms with Crippen LogP contribution in [0.3, 0.4) is 0 Å². The van der Waals surface area contributed by atoms with Crippen LogP contribution in [-0.4, -0.2) is 42.8 Å². The van der Waals surface area contributed by atoms with Crippen LogP contribution in [0.5, 0.6) is 0 Å². The average Bonchev–Trinajstić information content (AvgIpc) is 2.22. The number of nitrogens with zero attached hydrogens (tertiary/aromatic N) is 1. The van der Waals surface area contributed by atoms with Crippen molar-refractivity contribution in [2.45, 2.75) is 59.3 Å². The van der Waals surface area contributed by atoms with Crippen molar-refractivity contribution in [1.29, 1.82) is 0 Å². The molecule has 0 saturated carbocycles. The molecule has 0 heterocycles. The molecule has 0 amide bonds. The van der Waals surface area contributed by atoms with Gasteiger partial charge in [-0.25, -0.2) is 0 Å². The van der Waals surface area contributed by atoms with Gasteiger partial charge in [0.25, 0.3) is 0 Å². The number of rotatable bonds is 8. The molecule has 0 aliphatic carbocycles. The van der Waals surface area contributed by atoms with Gasteiger partial charge in [-0.3, -0.25) is 4.90 Å². The van der Waals surface area contributed by atoms with E-state index in [2.05, 4.69) is 5.32 Å². The predicted octanol–water partition coefficient (Wildman–Crippen LogP) is 3.28. The summed E-state index contributed by atoms with van der Waals surface area (Å²) in [6.07, 6.45) is -3.38. The number of halogens is 3. The van der Waals surface area contributed by atoms with Gasteiger partial charge in [-0.15, -0.1) is 0 Å². The number of hydrogen-bond acceptors (Lipinski definition) is 2. The zero-order valence-corrected chi connectivity index (χ0v) is 12.1. The number of hydrogen-bond donors (Lipinski definition) is 1. The van der Waals surface area contributed by atoms with Gasteiger partial charge in [-0.2, -0.15) is 13.2 Å². The molecule has 0 rings (SSSR count). The number of nitrogens with one attached hydrogen (secondary N) is 1. The van der Waals surface area contributed by atoms with Crippen LogP contribution >= 0.6 is 0 Å². The molecule has 0 spiro atoms. The summed E-state index contributed by atoms with van der Waals surface area (Å²) in [5, 5.41) is 3.28. The highest BCUT2D eigenvalue weighted by atomic mass is 19.4. The zero-order chi connectivity index (χ0) is 14.3. The summed E-state index contributed by atoms with van der Waals surface area (Å²) in [4.78, 5) is 1.53. The van der Waals surface area contributed by atoms with E-state index in [1.54, 1.807) is 0 Å². The lowest BCUT2D eigenvalue weighted by Crippen LogP contribution is -2.46. The van der Waals surface area contributed by atoms with Crippen LogP contribution in [0, 0.1) is 5.92 Å². The van der Waals surface area contributed by atoms with Gasteiger partial charge in [-0.05, 0) is 32.4 Å². The largest absolute Gasteiger partial charge is 0.401 e. The van der Waals surface area contributed by atoms with Crippen molar-refractivity contribution in [3.8, 4) is 0 Å². The van der Waals surface area contributed by atoms with Gasteiger partial charge in [0.05, 0.1) is 6.54 Å². The van der Waals surface area contributed by atoms with Gasteiger partial charge in [-0.1, -0.05) is 27.7 Å². The van der Waals surface area contributed by atoms with E-state index >= 15 is 0 Å². The summed E-state index contributed by atoms with van der Waals surface area (Å²) in [5.41, 5.74) is 0. The molecule has 0 bridgehead atoms. The van der Waals surface area contributed by atoms with Gasteiger partial charge in [0, 0.05) is 12.1 Å². The lowest BCUT2D eigenvalue weighted by Gasteiger charge is -2.34. The third kappa shape index (κ3) is 7.93. The minimum absolute atomic E-state index is 0.0715. The Morgan fingerprint density at radius 3 is 2.06 bits per heavy atom. The summed E-state index contributed by atoms with van der Waals surface area (Å²) < 4.78 is 37.5. The van der Waals surface area contributed by atoms with Crippen LogP contribution in [0.4, 0.5) is 13.2 Å². The van der Waals surface area contributed by atoms with E-state index in [9.17, 15) is 13.2 Å². The maximum absolute atomic E-state index is 12.5. The Kier molecular flexibility index (Phi) is 7.87. The Labute approximate surface area is 109 Å². The molecule has 2 atom stereocenters. The van der Waals surface area contributed by atoms with E-state index in [0.717, 1.165) is 13.0 Å². The third-order valence-electron chi connectivity index (χ3n) is 3.14. The Morgan fingerprint density at radius 2 is 1.67 bits per heavy atom. The number of alkyl halides is 3. The quantitative estimate of drug-likeness (QED) is 0.726. The van der Waals surface area contributed by atoms with Crippen molar-refractivity contribution >= 4 is 0 Å². The second kappa shape index (κ2) is 8.00. The van der Waals surface area contributed by atoms with E-state index < -0.39 is 12.7 Å². The van der Waals surface area contributed by atoms with Crippen LogP contribution < -0.4 is 5.32 Å². The fourth-order valence-corrected chi connectivity index (χ4v) is 1.90. The lowest BCUT2D eigenvalue weighted by atomic mass is 10.0. The van der Waals surface area contributed by atoms with Gasteiger partial charge in [0.15, 0.2) is 0 Å². The molecule has 110 valence electrons. The monoisotopic (exact) mass is 268 g/mol. The van der Waals surface area contributed by atoms with Crippen molar-refractivity contribution in [1.82, 2.24) is 10.2 Å². The second-order valence-corrected chi connectivity index (χ2v) is 5.37. The molecule has 2 unspecified atom stereocenters. The molecule has 1 N–H and O–H groups in total. The van der Waals surface area contributed by atoms with Gasteiger partial charge >= 0.3 is 6.18 Å². The van der Waals surface area contributed by atoms with E-state index in [0.29, 0.717) is 12.6 Å². The van der Waals surface area contributed by atoms with Crippen LogP contribution in [0.15, 0.2) is 0 Å². The highest BCUT2D eigenvalue weighted by Gasteiger charge is 2.33. The van der Waals surface area contributed by atoms with E-state index in [1.165, 1.54) is 4.90 Å². The van der Waals surface area contributed by atoms with Crippen molar-refractivity contribution in [3.63, 3.8) is 0 Å². The van der Waals surface area contributed by atoms with E-state index in [4.69, 9.17) is 0 Å². The third-order valence-corrected chi connectivity index (χ3v) is 3.14. The highest BCUT2D eigenvalue weighted by molar-refractivity contribution is 4.77. The maximum Gasteiger partial charge on any atom is 0.401 e. The van der Waals surface area contributed by atoms with Crippen LogP contribution in [0.25, 0.3) is 0 Å². The van der Waals surface area contributed by atoms with Crippen molar-refractivity contribution < 1.29 is 13.2 Å². The second-order valence-electron chi connectivity index (χ2n) is 5.37. The van der Waals surface area contributed by atoms with E-state index in [-0.39, 0.29) is 12.0 Å². The first-order valence-corrected chi connectivity index (χ1v) is 6.71. The molecule has 0 aromatic heterocycles. The molecule has 0 radical (unpaired) electrons. The van der Waals surface area contributed by atoms with Crippen molar-refractivity contribution in [2.75, 3.05) is 19.6 Å². The molecular formula is C13H27F3N2. The van der Waals surface area contributed by atoms with Gasteiger partial charge < -0.3 is 5.32 Å². The summed E-state index contributed by atoms with van der Waals surface area (Å²) in [6.45, 7) is 10.3. The highest BCUT2D eigenvalue weighted by Crippen LogP contribution is 2.20. The summed E-state index contributed by atoms with van der Waals surface area (Å²) >= 11 is 0. The molecule has 2 nitrogen and oxygen atoms in total. The van der Waals surface area contributed by atoms with Crippen LogP contribution in [-0.2, 0) is 0 Å². The Bertz CT molecular complexity index is 217. The molecule has 0 aromatic carbocycles. The smallest absolute Gasteiger partial charge is 0.314 e. The molecule has 0 aliphatic heterocycles. The molecule has 5 heteroatoms. The first-order valence-electron chi connectivity index (χ1n) is 6.71. The fourth-order valence-electron chi connectivity index (χ4n) is 1.90. The van der Waals surface area contributed by atoms with Crippen LogP contribution in [0.2, 0.25) is 0 Å². The van der Waals surface area contributed by atoms with Gasteiger partial charge in [0.2, 0.25) is 0 Å². The first-order chi connectivity index (χ1) is 8.17. The molecule has 18 heavy (non-hydrogen) atoms. The molecule has 0 saturated heterocycles. The molecule has 0 fully saturated rings. The Balaban J connectivity index is 4.39. The normalized spacial score (nSPS) is 16.3. The average molecular weight is 268 g/mol. The van der Waals surface area contributed by atoms with Crippen molar-refractivity contribution in [3.05, 3.63) is 0 Å². The predicted molar refractivity (Wildman–Crippen MR) is 69.7 cm³/mol. The fraction of sp³-hybridized carbons (Fsp3) is 1.00. The van der Waals surface area contributed by atoms with E-state index in [1.807, 2.05) is 34.6 Å². The lowest BCUT2D eigenvalue weighted by molar-refractivity contribution is -0.152. The SMILES string of the molecule is CCCN(CC(F)(F)F)C(C)C(C)CNC(C)C. The Morgan fingerprint density at radius 1 is 1.11 bits per heavy atom. The summed E-state index contributed by atoms with van der Waals surface area (Å²) in [5.74, 6) is 0.196. The molecular weight excluding hydrogens is 241 g/mol. The minimum Gasteiger partial charge on any atom is -0.314 e.